The van der Waals surface area contributed by atoms with Gasteiger partial charge in [0.05, 0.1) is 10.8 Å². The molecular weight excluding hydrogens is 262 g/mol. The van der Waals surface area contributed by atoms with Gasteiger partial charge < -0.3 is 0 Å². The van der Waals surface area contributed by atoms with Crippen molar-refractivity contribution in [2.75, 3.05) is 0 Å². The summed E-state index contributed by atoms with van der Waals surface area (Å²) in [7, 11) is -3.55. The summed E-state index contributed by atoms with van der Waals surface area (Å²) < 4.78 is 26.0. The quantitative estimate of drug-likeness (QED) is 0.855. The molecular formula is C14H19NO3S. The highest BCUT2D eigenvalue weighted by Crippen LogP contribution is 2.35. The van der Waals surface area contributed by atoms with Gasteiger partial charge in [0, 0.05) is 5.56 Å². The van der Waals surface area contributed by atoms with Gasteiger partial charge in [-0.3, -0.25) is 4.79 Å². The molecule has 0 radical (unpaired) electrons. The fraction of sp³-hybridized carbons (Fsp3) is 0.500. The summed E-state index contributed by atoms with van der Waals surface area (Å²) in [6.45, 7) is 5.23. The van der Waals surface area contributed by atoms with Crippen LogP contribution >= 0.6 is 0 Å². The Morgan fingerprint density at radius 3 is 2.11 bits per heavy atom. The van der Waals surface area contributed by atoms with E-state index in [0.717, 1.165) is 4.31 Å². The van der Waals surface area contributed by atoms with Crippen LogP contribution in [0.25, 0.3) is 0 Å². The summed E-state index contributed by atoms with van der Waals surface area (Å²) >= 11 is 0. The molecule has 4 nitrogen and oxygen atoms in total. The highest BCUT2D eigenvalue weighted by atomic mass is 32.2. The Morgan fingerprint density at radius 1 is 1.16 bits per heavy atom. The van der Waals surface area contributed by atoms with Crippen LogP contribution in [0.15, 0.2) is 30.3 Å². The van der Waals surface area contributed by atoms with Gasteiger partial charge in [-0.05, 0) is 45.7 Å². The number of sulfonamides is 1. The summed E-state index contributed by atoms with van der Waals surface area (Å²) in [6, 6.07) is 8.55. The molecule has 1 fully saturated rings. The Kier molecular flexibility index (Phi) is 3.43. The predicted molar refractivity (Wildman–Crippen MR) is 74.3 cm³/mol. The van der Waals surface area contributed by atoms with E-state index in [1.165, 1.54) is 0 Å². The summed E-state index contributed by atoms with van der Waals surface area (Å²) in [5.74, 6) is -0.444. The smallest absolute Gasteiger partial charge is 0.267 e. The normalized spacial score (nSPS) is 16.2. The van der Waals surface area contributed by atoms with Gasteiger partial charge in [0.1, 0.15) is 0 Å². The van der Waals surface area contributed by atoms with E-state index in [0.29, 0.717) is 18.4 Å². The summed E-state index contributed by atoms with van der Waals surface area (Å²) in [6.07, 6.45) is 1.30. The number of rotatable bonds is 3. The van der Waals surface area contributed by atoms with E-state index < -0.39 is 21.5 Å². The highest BCUT2D eigenvalue weighted by molar-refractivity contribution is 7.90. The third kappa shape index (κ3) is 2.81. The van der Waals surface area contributed by atoms with Crippen molar-refractivity contribution < 1.29 is 13.2 Å². The molecule has 1 aliphatic carbocycles. The number of benzene rings is 1. The van der Waals surface area contributed by atoms with E-state index in [9.17, 15) is 13.2 Å². The van der Waals surface area contributed by atoms with Crippen LogP contribution in [0.3, 0.4) is 0 Å². The number of carbonyl (C=O) groups excluding carboxylic acids is 1. The first-order valence-electron chi connectivity index (χ1n) is 6.38. The molecule has 19 heavy (non-hydrogen) atoms. The highest BCUT2D eigenvalue weighted by Gasteiger charge is 2.46. The molecule has 0 heterocycles. The van der Waals surface area contributed by atoms with E-state index in [1.54, 1.807) is 51.1 Å². The number of amides is 1. The SMILES string of the molecule is CC(C)(C)N(C(=O)c1ccccc1)S(=O)(=O)C1CC1. The molecule has 0 N–H and O–H groups in total. The van der Waals surface area contributed by atoms with Crippen molar-refractivity contribution in [1.82, 2.24) is 4.31 Å². The average molecular weight is 281 g/mol. The topological polar surface area (TPSA) is 54.5 Å². The predicted octanol–water partition coefficient (Wildman–Crippen LogP) is 2.42. The number of nitrogens with zero attached hydrogens (tertiary/aromatic N) is 1. The second-order valence-electron chi connectivity index (χ2n) is 5.85. The van der Waals surface area contributed by atoms with Gasteiger partial charge in [0.25, 0.3) is 5.91 Å². The molecule has 0 bridgehead atoms. The minimum Gasteiger partial charge on any atom is -0.268 e. The monoisotopic (exact) mass is 281 g/mol. The van der Waals surface area contributed by atoms with Crippen molar-refractivity contribution >= 4 is 15.9 Å². The van der Waals surface area contributed by atoms with E-state index in [-0.39, 0.29) is 5.25 Å². The van der Waals surface area contributed by atoms with Crippen LogP contribution in [-0.2, 0) is 10.0 Å². The van der Waals surface area contributed by atoms with E-state index in [4.69, 9.17) is 0 Å². The van der Waals surface area contributed by atoms with Crippen molar-refractivity contribution in [3.05, 3.63) is 35.9 Å². The summed E-state index contributed by atoms with van der Waals surface area (Å²) in [5.41, 5.74) is -0.351. The molecule has 1 aromatic carbocycles. The maximum absolute atomic E-state index is 12.5. The molecule has 1 amide bonds. The first-order valence-corrected chi connectivity index (χ1v) is 7.88. The van der Waals surface area contributed by atoms with Gasteiger partial charge in [0.15, 0.2) is 0 Å². The molecule has 1 saturated carbocycles. The molecule has 104 valence electrons. The van der Waals surface area contributed by atoms with Crippen LogP contribution in [0.2, 0.25) is 0 Å². The zero-order valence-corrected chi connectivity index (χ0v) is 12.3. The zero-order valence-electron chi connectivity index (χ0n) is 11.5. The fourth-order valence-electron chi connectivity index (χ4n) is 2.01. The van der Waals surface area contributed by atoms with Crippen LogP contribution in [0.1, 0.15) is 44.0 Å². The van der Waals surface area contributed by atoms with Crippen LogP contribution in [0.4, 0.5) is 0 Å². The zero-order chi connectivity index (χ0) is 14.3. The molecule has 0 atom stereocenters. The Labute approximate surface area is 114 Å². The minimum absolute atomic E-state index is 0.389. The lowest BCUT2D eigenvalue weighted by atomic mass is 10.1. The van der Waals surface area contributed by atoms with Gasteiger partial charge in [-0.15, -0.1) is 0 Å². The molecule has 1 aromatic rings. The lowest BCUT2D eigenvalue weighted by Gasteiger charge is -2.34. The van der Waals surface area contributed by atoms with Gasteiger partial charge in [0.2, 0.25) is 10.0 Å². The van der Waals surface area contributed by atoms with Crippen LogP contribution in [0.5, 0.6) is 0 Å². The second kappa shape index (κ2) is 4.63. The number of hydrogen-bond acceptors (Lipinski definition) is 3. The Balaban J connectivity index is 2.43. The molecule has 0 aromatic heterocycles. The Hall–Kier alpha value is -1.36. The largest absolute Gasteiger partial charge is 0.268 e. The van der Waals surface area contributed by atoms with Gasteiger partial charge in [-0.25, -0.2) is 12.7 Å². The standard InChI is InChI=1S/C14H19NO3S/c1-14(2,3)15(19(17,18)12-9-10-12)13(16)11-7-5-4-6-8-11/h4-8,12H,9-10H2,1-3H3. The number of hydrogen-bond donors (Lipinski definition) is 0. The first-order chi connectivity index (χ1) is 8.74. The van der Waals surface area contributed by atoms with Crippen LogP contribution in [0, 0.1) is 0 Å². The third-order valence-corrected chi connectivity index (χ3v) is 5.55. The second-order valence-corrected chi connectivity index (χ2v) is 7.91. The summed E-state index contributed by atoms with van der Waals surface area (Å²) in [5, 5.41) is -0.389. The van der Waals surface area contributed by atoms with E-state index in [2.05, 4.69) is 0 Å². The van der Waals surface area contributed by atoms with Crippen molar-refractivity contribution in [1.29, 1.82) is 0 Å². The molecule has 0 unspecified atom stereocenters. The fourth-order valence-corrected chi connectivity index (χ4v) is 4.14. The Morgan fingerprint density at radius 2 is 1.68 bits per heavy atom. The molecule has 0 saturated heterocycles. The summed E-state index contributed by atoms with van der Waals surface area (Å²) in [4.78, 5) is 12.5. The lowest BCUT2D eigenvalue weighted by molar-refractivity contribution is 0.0773. The third-order valence-electron chi connectivity index (χ3n) is 3.01. The maximum Gasteiger partial charge on any atom is 0.267 e. The van der Waals surface area contributed by atoms with Crippen LogP contribution in [-0.4, -0.2) is 29.4 Å². The van der Waals surface area contributed by atoms with Gasteiger partial charge >= 0.3 is 0 Å². The molecule has 0 spiro atoms. The molecule has 0 aliphatic heterocycles. The Bertz CT molecular complexity index is 568. The molecule has 5 heteroatoms. The number of carbonyl (C=O) groups is 1. The van der Waals surface area contributed by atoms with Gasteiger partial charge in [-0.2, -0.15) is 0 Å². The van der Waals surface area contributed by atoms with E-state index >= 15 is 0 Å². The minimum atomic E-state index is -3.55. The molecule has 2 rings (SSSR count). The van der Waals surface area contributed by atoms with Crippen molar-refractivity contribution in [2.45, 2.75) is 44.4 Å². The van der Waals surface area contributed by atoms with Crippen LogP contribution < -0.4 is 0 Å². The van der Waals surface area contributed by atoms with Gasteiger partial charge in [-0.1, -0.05) is 18.2 Å². The molecule has 1 aliphatic rings. The van der Waals surface area contributed by atoms with Crippen molar-refractivity contribution in [3.8, 4) is 0 Å². The van der Waals surface area contributed by atoms with Crippen molar-refractivity contribution in [3.63, 3.8) is 0 Å². The average Bonchev–Trinajstić information content (AvgIpc) is 3.11. The van der Waals surface area contributed by atoms with Crippen molar-refractivity contribution in [2.24, 2.45) is 0 Å². The first kappa shape index (κ1) is 14.1. The van der Waals surface area contributed by atoms with E-state index in [1.807, 2.05) is 0 Å². The lowest BCUT2D eigenvalue weighted by Crippen LogP contribution is -2.50. The maximum atomic E-state index is 12.5.